The molecule has 24 heavy (non-hydrogen) atoms. The third kappa shape index (κ3) is 3.49. The van der Waals surface area contributed by atoms with E-state index >= 15 is 0 Å². The van der Waals surface area contributed by atoms with Crippen molar-refractivity contribution in [3.63, 3.8) is 0 Å². The molecule has 1 aliphatic heterocycles. The first-order valence-corrected chi connectivity index (χ1v) is 8.09. The number of thiocarbonyl (C=S) groups is 1. The number of amidine groups is 1. The predicted octanol–water partition coefficient (Wildman–Crippen LogP) is 3.26. The van der Waals surface area contributed by atoms with Crippen LogP contribution in [0.4, 0.5) is 0 Å². The van der Waals surface area contributed by atoms with E-state index in [9.17, 15) is 0 Å². The molecule has 1 aromatic carbocycles. The average molecular weight is 362 g/mol. The van der Waals surface area contributed by atoms with Crippen molar-refractivity contribution < 1.29 is 9.47 Å². The van der Waals surface area contributed by atoms with Gasteiger partial charge in [-0.15, -0.1) is 0 Å². The first-order valence-electron chi connectivity index (χ1n) is 7.31. The third-order valence-corrected chi connectivity index (χ3v) is 4.15. The van der Waals surface area contributed by atoms with E-state index in [4.69, 9.17) is 33.3 Å². The van der Waals surface area contributed by atoms with Crippen LogP contribution < -0.4 is 5.32 Å². The van der Waals surface area contributed by atoms with Crippen LogP contribution in [0.2, 0.25) is 5.02 Å². The molecular formula is C17H16ClN3O2S. The molecule has 0 bridgehead atoms. The molecule has 0 saturated carbocycles. The van der Waals surface area contributed by atoms with Gasteiger partial charge in [0, 0.05) is 11.1 Å². The number of fused-ring (bicyclic) bond motifs is 1. The monoisotopic (exact) mass is 361 g/mol. The first-order chi connectivity index (χ1) is 11.6. The van der Waals surface area contributed by atoms with E-state index in [0.717, 1.165) is 17.1 Å². The third-order valence-electron chi connectivity index (χ3n) is 3.70. The highest BCUT2D eigenvalue weighted by Crippen LogP contribution is 2.25. The maximum Gasteiger partial charge on any atom is 0.198 e. The van der Waals surface area contributed by atoms with Gasteiger partial charge in [0.15, 0.2) is 16.6 Å². The molecule has 124 valence electrons. The standard InChI is InChI=1S/C17H16ClN3O2S/c1-22-14-7-12-13(8-15(14)23-2)20-17(24)21-16(12)19-9-10-3-5-11(18)6-4-10/h3-8,12H,9H2,1-2H3,(H,19,21,24). The highest BCUT2D eigenvalue weighted by molar-refractivity contribution is 7.80. The van der Waals surface area contributed by atoms with Gasteiger partial charge in [-0.1, -0.05) is 23.7 Å². The van der Waals surface area contributed by atoms with Gasteiger partial charge < -0.3 is 14.8 Å². The van der Waals surface area contributed by atoms with Crippen molar-refractivity contribution >= 4 is 40.5 Å². The van der Waals surface area contributed by atoms with Crippen LogP contribution in [0.5, 0.6) is 0 Å². The Morgan fingerprint density at radius 3 is 2.58 bits per heavy atom. The maximum atomic E-state index is 5.91. The van der Waals surface area contributed by atoms with E-state index in [1.807, 2.05) is 36.4 Å². The van der Waals surface area contributed by atoms with Gasteiger partial charge in [0.1, 0.15) is 5.84 Å². The van der Waals surface area contributed by atoms with Crippen LogP contribution in [0.3, 0.4) is 0 Å². The van der Waals surface area contributed by atoms with Crippen molar-refractivity contribution in [2.45, 2.75) is 6.54 Å². The van der Waals surface area contributed by atoms with Gasteiger partial charge >= 0.3 is 0 Å². The highest BCUT2D eigenvalue weighted by Gasteiger charge is 2.30. The molecule has 0 fully saturated rings. The second kappa shape index (κ2) is 7.15. The number of allylic oxidation sites excluding steroid dienone is 1. The lowest BCUT2D eigenvalue weighted by Crippen LogP contribution is -2.43. The molecule has 3 rings (SSSR count). The number of nitrogens with zero attached hydrogens (tertiary/aromatic N) is 2. The van der Waals surface area contributed by atoms with Crippen LogP contribution >= 0.6 is 23.8 Å². The summed E-state index contributed by atoms with van der Waals surface area (Å²) in [4.78, 5) is 9.03. The zero-order valence-electron chi connectivity index (χ0n) is 13.2. The summed E-state index contributed by atoms with van der Waals surface area (Å²) in [6, 6.07) is 7.59. The quantitative estimate of drug-likeness (QED) is 0.836. The van der Waals surface area contributed by atoms with E-state index in [2.05, 4.69) is 15.3 Å². The van der Waals surface area contributed by atoms with Crippen molar-refractivity contribution in [1.29, 1.82) is 0 Å². The molecular weight excluding hydrogens is 346 g/mol. The minimum absolute atomic E-state index is 0.141. The van der Waals surface area contributed by atoms with Crippen LogP contribution in [-0.2, 0) is 16.0 Å². The lowest BCUT2D eigenvalue weighted by atomic mass is 9.94. The smallest absolute Gasteiger partial charge is 0.198 e. The summed E-state index contributed by atoms with van der Waals surface area (Å²) in [6.07, 6.45) is 3.75. The normalized spacial score (nSPS) is 21.3. The summed E-state index contributed by atoms with van der Waals surface area (Å²) in [6.45, 7) is 0.517. The van der Waals surface area contributed by atoms with Gasteiger partial charge in [0.05, 0.1) is 32.4 Å². The number of nitrogens with one attached hydrogen (secondary N) is 1. The molecule has 1 aromatic rings. The van der Waals surface area contributed by atoms with E-state index < -0.39 is 0 Å². The van der Waals surface area contributed by atoms with Gasteiger partial charge in [-0.3, -0.25) is 4.99 Å². The molecule has 1 aliphatic carbocycles. The molecule has 0 saturated heterocycles. The van der Waals surface area contributed by atoms with Gasteiger partial charge in [-0.25, -0.2) is 4.99 Å². The summed E-state index contributed by atoms with van der Waals surface area (Å²) >= 11 is 11.1. The number of halogens is 1. The van der Waals surface area contributed by atoms with Gasteiger partial charge in [-0.05, 0) is 36.0 Å². The highest BCUT2D eigenvalue weighted by atomic mass is 35.5. The Hall–Kier alpha value is -2.18. The van der Waals surface area contributed by atoms with Crippen LogP contribution in [0.15, 0.2) is 57.9 Å². The SMILES string of the molecule is COC1=CC2=NC(=S)NC(=NCc3ccc(Cl)cc3)C2C=C1OC. The van der Waals surface area contributed by atoms with Gasteiger partial charge in [0.2, 0.25) is 0 Å². The minimum Gasteiger partial charge on any atom is -0.493 e. The molecule has 0 radical (unpaired) electrons. The van der Waals surface area contributed by atoms with Crippen molar-refractivity contribution in [3.8, 4) is 0 Å². The molecule has 0 amide bonds. The topological polar surface area (TPSA) is 55.2 Å². The number of aliphatic imine (C=N–C) groups is 2. The van der Waals surface area contributed by atoms with Crippen molar-refractivity contribution in [2.75, 3.05) is 14.2 Å². The van der Waals surface area contributed by atoms with Gasteiger partial charge in [0.25, 0.3) is 0 Å². The zero-order chi connectivity index (χ0) is 17.1. The van der Waals surface area contributed by atoms with Crippen LogP contribution in [0.25, 0.3) is 0 Å². The number of hydrogen-bond acceptors (Lipinski definition) is 4. The Labute approximate surface area is 150 Å². The molecule has 1 atom stereocenters. The van der Waals surface area contributed by atoms with Gasteiger partial charge in [-0.2, -0.15) is 0 Å². The minimum atomic E-state index is -0.141. The van der Waals surface area contributed by atoms with Crippen molar-refractivity contribution in [3.05, 3.63) is 58.5 Å². The van der Waals surface area contributed by atoms with E-state index in [1.165, 1.54) is 0 Å². The molecule has 1 heterocycles. The molecule has 1 N–H and O–H groups in total. The van der Waals surface area contributed by atoms with Crippen molar-refractivity contribution in [2.24, 2.45) is 15.9 Å². The van der Waals surface area contributed by atoms with E-state index in [1.54, 1.807) is 14.2 Å². The Morgan fingerprint density at radius 2 is 1.92 bits per heavy atom. The number of ether oxygens (including phenoxy) is 2. The Morgan fingerprint density at radius 1 is 1.21 bits per heavy atom. The van der Waals surface area contributed by atoms with Crippen LogP contribution in [0, 0.1) is 5.92 Å². The molecule has 2 aliphatic rings. The summed E-state index contributed by atoms with van der Waals surface area (Å²) < 4.78 is 10.7. The predicted molar refractivity (Wildman–Crippen MR) is 99.4 cm³/mol. The number of rotatable bonds is 4. The zero-order valence-corrected chi connectivity index (χ0v) is 14.8. The first kappa shape index (κ1) is 16.7. The average Bonchev–Trinajstić information content (AvgIpc) is 2.59. The summed E-state index contributed by atoms with van der Waals surface area (Å²) in [7, 11) is 3.20. The largest absolute Gasteiger partial charge is 0.493 e. The molecule has 1 unspecified atom stereocenters. The number of hydrogen-bond donors (Lipinski definition) is 1. The Bertz CT molecular complexity index is 782. The lowest BCUT2D eigenvalue weighted by molar-refractivity contribution is 0.218. The lowest BCUT2D eigenvalue weighted by Gasteiger charge is -2.27. The summed E-state index contributed by atoms with van der Waals surface area (Å²) in [5, 5.41) is 4.16. The van der Waals surface area contributed by atoms with Crippen LogP contribution in [0.1, 0.15) is 5.56 Å². The summed E-state index contributed by atoms with van der Waals surface area (Å²) in [5.41, 5.74) is 1.84. The fourth-order valence-electron chi connectivity index (χ4n) is 2.50. The second-order valence-electron chi connectivity index (χ2n) is 5.22. The Balaban J connectivity index is 1.89. The fourth-order valence-corrected chi connectivity index (χ4v) is 2.84. The summed E-state index contributed by atoms with van der Waals surface area (Å²) in [5.74, 6) is 1.86. The molecule has 0 aromatic heterocycles. The number of methoxy groups -OCH3 is 2. The Kier molecular flexibility index (Phi) is 4.97. The number of benzene rings is 1. The fraction of sp³-hybridized carbons (Fsp3) is 0.235. The maximum absolute atomic E-state index is 5.91. The van der Waals surface area contributed by atoms with Crippen molar-refractivity contribution in [1.82, 2.24) is 5.32 Å². The molecule has 0 spiro atoms. The van der Waals surface area contributed by atoms with Crippen LogP contribution in [-0.4, -0.2) is 30.9 Å². The second-order valence-corrected chi connectivity index (χ2v) is 6.04. The molecule has 5 nitrogen and oxygen atoms in total. The van der Waals surface area contributed by atoms with E-state index in [0.29, 0.717) is 28.2 Å². The van der Waals surface area contributed by atoms with E-state index in [-0.39, 0.29) is 5.92 Å². The molecule has 7 heteroatoms.